The molecule has 0 fully saturated rings. The molecular formula is C21H22N2O6. The highest BCUT2D eigenvalue weighted by Gasteiger charge is 2.25. The normalized spacial score (nSPS) is 12.9. The summed E-state index contributed by atoms with van der Waals surface area (Å²) < 4.78 is 11.0. The van der Waals surface area contributed by atoms with Gasteiger partial charge in [0.15, 0.2) is 6.61 Å². The van der Waals surface area contributed by atoms with Gasteiger partial charge in [0.25, 0.3) is 5.91 Å². The van der Waals surface area contributed by atoms with Gasteiger partial charge in [-0.1, -0.05) is 12.1 Å². The Morgan fingerprint density at radius 3 is 2.72 bits per heavy atom. The number of hydrogen-bond donors (Lipinski definition) is 2. The van der Waals surface area contributed by atoms with Crippen molar-refractivity contribution in [2.75, 3.05) is 23.4 Å². The second-order valence-corrected chi connectivity index (χ2v) is 6.78. The van der Waals surface area contributed by atoms with Gasteiger partial charge in [0.1, 0.15) is 11.5 Å². The number of carbonyl (C=O) groups excluding carboxylic acids is 2. The van der Waals surface area contributed by atoms with E-state index in [1.807, 2.05) is 19.9 Å². The first-order chi connectivity index (χ1) is 13.8. The average Bonchev–Trinajstić information content (AvgIpc) is 2.68. The third-order valence-electron chi connectivity index (χ3n) is 4.23. The molecule has 2 N–H and O–H groups in total. The molecule has 152 valence electrons. The Morgan fingerprint density at radius 2 is 2.00 bits per heavy atom. The van der Waals surface area contributed by atoms with Crippen LogP contribution in [-0.4, -0.2) is 42.1 Å². The number of ether oxygens (including phenoxy) is 2. The Balaban J connectivity index is 1.72. The lowest BCUT2D eigenvalue weighted by Gasteiger charge is -2.29. The first-order valence-corrected chi connectivity index (χ1v) is 9.21. The third kappa shape index (κ3) is 4.84. The van der Waals surface area contributed by atoms with Crippen LogP contribution in [0.4, 0.5) is 11.4 Å². The highest BCUT2D eigenvalue weighted by Crippen LogP contribution is 2.32. The first-order valence-electron chi connectivity index (χ1n) is 9.21. The molecule has 0 atom stereocenters. The summed E-state index contributed by atoms with van der Waals surface area (Å²) in [6, 6.07) is 11.4. The van der Waals surface area contributed by atoms with Crippen molar-refractivity contribution in [3.8, 4) is 11.5 Å². The Labute approximate surface area is 168 Å². The second kappa shape index (κ2) is 8.64. The minimum atomic E-state index is -1.10. The molecule has 2 aromatic carbocycles. The molecule has 0 unspecified atom stereocenters. The van der Waals surface area contributed by atoms with Crippen LogP contribution >= 0.6 is 0 Å². The second-order valence-electron chi connectivity index (χ2n) is 6.78. The zero-order valence-electron chi connectivity index (χ0n) is 16.2. The van der Waals surface area contributed by atoms with E-state index in [0.29, 0.717) is 17.2 Å². The van der Waals surface area contributed by atoms with Crippen molar-refractivity contribution in [1.82, 2.24) is 0 Å². The van der Waals surface area contributed by atoms with E-state index in [-0.39, 0.29) is 48.7 Å². The molecule has 3 rings (SSSR count). The maximum absolute atomic E-state index is 12.5. The van der Waals surface area contributed by atoms with E-state index in [1.165, 1.54) is 23.1 Å². The average molecular weight is 398 g/mol. The van der Waals surface area contributed by atoms with Crippen molar-refractivity contribution in [2.24, 2.45) is 0 Å². The van der Waals surface area contributed by atoms with Crippen molar-refractivity contribution in [1.29, 1.82) is 0 Å². The van der Waals surface area contributed by atoms with E-state index in [0.717, 1.165) is 0 Å². The number of aromatic carboxylic acids is 1. The molecule has 0 aliphatic carbocycles. The van der Waals surface area contributed by atoms with Crippen LogP contribution in [0.5, 0.6) is 11.5 Å². The van der Waals surface area contributed by atoms with Crippen LogP contribution in [0, 0.1) is 0 Å². The van der Waals surface area contributed by atoms with Crippen molar-refractivity contribution in [3.05, 3.63) is 48.0 Å². The molecule has 0 saturated heterocycles. The van der Waals surface area contributed by atoms with Crippen molar-refractivity contribution < 1.29 is 29.0 Å². The fourth-order valence-corrected chi connectivity index (χ4v) is 2.94. The standard InChI is InChI=1S/C21H22N2O6/c1-13(2)29-17-8-7-14(21(26)27)11-15(17)22-19(24)9-10-23-16-5-3-4-6-18(16)28-12-20(23)25/h3-8,11,13H,9-10,12H2,1-2H3,(H,22,24)(H,26,27). The Bertz CT molecular complexity index is 941. The minimum absolute atomic E-state index is 0.0263. The van der Waals surface area contributed by atoms with Crippen molar-refractivity contribution in [2.45, 2.75) is 26.4 Å². The van der Waals surface area contributed by atoms with E-state index in [9.17, 15) is 19.5 Å². The zero-order valence-corrected chi connectivity index (χ0v) is 16.2. The number of carbonyl (C=O) groups is 3. The number of nitrogens with zero attached hydrogens (tertiary/aromatic N) is 1. The van der Waals surface area contributed by atoms with Crippen LogP contribution < -0.4 is 19.7 Å². The maximum atomic E-state index is 12.5. The van der Waals surface area contributed by atoms with Crippen LogP contribution in [0.15, 0.2) is 42.5 Å². The monoisotopic (exact) mass is 398 g/mol. The summed E-state index contributed by atoms with van der Waals surface area (Å²) in [6.45, 7) is 3.76. The van der Waals surface area contributed by atoms with E-state index in [4.69, 9.17) is 9.47 Å². The van der Waals surface area contributed by atoms with E-state index in [1.54, 1.807) is 18.2 Å². The van der Waals surface area contributed by atoms with Gasteiger partial charge in [-0.05, 0) is 44.2 Å². The Kier molecular flexibility index (Phi) is 6.01. The highest BCUT2D eigenvalue weighted by molar-refractivity contribution is 6.00. The predicted octanol–water partition coefficient (Wildman–Crippen LogP) is 2.93. The summed E-state index contributed by atoms with van der Waals surface area (Å²) in [5, 5.41) is 11.9. The van der Waals surface area contributed by atoms with Crippen LogP contribution in [0.2, 0.25) is 0 Å². The first kappa shape index (κ1) is 20.2. The molecule has 2 amide bonds. The maximum Gasteiger partial charge on any atom is 0.335 e. The summed E-state index contributed by atoms with van der Waals surface area (Å²) in [5.74, 6) is -0.723. The fraction of sp³-hybridized carbons (Fsp3) is 0.286. The number of anilines is 2. The lowest BCUT2D eigenvalue weighted by atomic mass is 10.1. The van der Waals surface area contributed by atoms with Gasteiger partial charge < -0.3 is 24.8 Å². The van der Waals surface area contributed by atoms with Gasteiger partial charge in [-0.3, -0.25) is 9.59 Å². The quantitative estimate of drug-likeness (QED) is 0.743. The lowest BCUT2D eigenvalue weighted by molar-refractivity contribution is -0.121. The molecular weight excluding hydrogens is 376 g/mol. The van der Waals surface area contributed by atoms with Crippen LogP contribution in [0.1, 0.15) is 30.6 Å². The van der Waals surface area contributed by atoms with Gasteiger partial charge in [-0.25, -0.2) is 4.79 Å². The molecule has 0 bridgehead atoms. The largest absolute Gasteiger partial charge is 0.489 e. The van der Waals surface area contributed by atoms with Gasteiger partial charge in [-0.15, -0.1) is 0 Å². The number of fused-ring (bicyclic) bond motifs is 1. The lowest BCUT2D eigenvalue weighted by Crippen LogP contribution is -2.40. The SMILES string of the molecule is CC(C)Oc1ccc(C(=O)O)cc1NC(=O)CCN1C(=O)COc2ccccc21. The van der Waals surface area contributed by atoms with E-state index >= 15 is 0 Å². The molecule has 0 aromatic heterocycles. The smallest absolute Gasteiger partial charge is 0.335 e. The van der Waals surface area contributed by atoms with Gasteiger partial charge >= 0.3 is 5.97 Å². The number of carboxylic acids is 1. The molecule has 0 radical (unpaired) electrons. The predicted molar refractivity (Wildman–Crippen MR) is 107 cm³/mol. The number of benzene rings is 2. The summed E-state index contributed by atoms with van der Waals surface area (Å²) in [5.41, 5.74) is 0.930. The number of nitrogens with one attached hydrogen (secondary N) is 1. The minimum Gasteiger partial charge on any atom is -0.489 e. The summed E-state index contributed by atoms with van der Waals surface area (Å²) in [6.07, 6.45) is -0.123. The molecule has 2 aromatic rings. The molecule has 29 heavy (non-hydrogen) atoms. The van der Waals surface area contributed by atoms with Crippen LogP contribution in [0.3, 0.4) is 0 Å². The molecule has 0 spiro atoms. The highest BCUT2D eigenvalue weighted by atomic mass is 16.5. The topological polar surface area (TPSA) is 105 Å². The number of amides is 2. The van der Waals surface area contributed by atoms with Crippen LogP contribution in [0.25, 0.3) is 0 Å². The van der Waals surface area contributed by atoms with Crippen LogP contribution in [-0.2, 0) is 9.59 Å². The molecule has 8 nitrogen and oxygen atoms in total. The molecule has 8 heteroatoms. The summed E-state index contributed by atoms with van der Waals surface area (Å²) in [4.78, 5) is 37.5. The van der Waals surface area contributed by atoms with Crippen molar-refractivity contribution >= 4 is 29.2 Å². The zero-order chi connectivity index (χ0) is 21.0. The van der Waals surface area contributed by atoms with E-state index in [2.05, 4.69) is 5.32 Å². The fourth-order valence-electron chi connectivity index (χ4n) is 2.94. The van der Waals surface area contributed by atoms with Crippen molar-refractivity contribution in [3.63, 3.8) is 0 Å². The number of carboxylic acid groups (broad SMARTS) is 1. The van der Waals surface area contributed by atoms with Gasteiger partial charge in [0, 0.05) is 13.0 Å². The number of para-hydroxylation sites is 2. The Hall–Kier alpha value is -3.55. The Morgan fingerprint density at radius 1 is 1.24 bits per heavy atom. The molecule has 1 heterocycles. The number of rotatable bonds is 7. The van der Waals surface area contributed by atoms with Gasteiger partial charge in [0.05, 0.1) is 23.0 Å². The van der Waals surface area contributed by atoms with Gasteiger partial charge in [-0.2, -0.15) is 0 Å². The third-order valence-corrected chi connectivity index (χ3v) is 4.23. The molecule has 1 aliphatic rings. The molecule has 1 aliphatic heterocycles. The van der Waals surface area contributed by atoms with Gasteiger partial charge in [0.2, 0.25) is 5.91 Å². The number of hydrogen-bond acceptors (Lipinski definition) is 5. The summed E-state index contributed by atoms with van der Waals surface area (Å²) in [7, 11) is 0. The summed E-state index contributed by atoms with van der Waals surface area (Å²) >= 11 is 0. The molecule has 0 saturated carbocycles. The van der Waals surface area contributed by atoms with E-state index < -0.39 is 5.97 Å².